The van der Waals surface area contributed by atoms with Gasteiger partial charge in [0.05, 0.1) is 5.56 Å². The summed E-state index contributed by atoms with van der Waals surface area (Å²) in [6.45, 7) is 0. The fourth-order valence-corrected chi connectivity index (χ4v) is 2.91. The van der Waals surface area contributed by atoms with E-state index in [1.807, 2.05) is 18.2 Å². The van der Waals surface area contributed by atoms with Crippen LogP contribution in [0.2, 0.25) is 5.02 Å². The van der Waals surface area contributed by atoms with Gasteiger partial charge in [0, 0.05) is 12.1 Å². The Bertz CT molecular complexity index is 1240. The van der Waals surface area contributed by atoms with Crippen LogP contribution in [0.1, 0.15) is 20.8 Å². The molecule has 0 fully saturated rings. The molecule has 0 N–H and O–H groups in total. The third-order valence-corrected chi connectivity index (χ3v) is 4.42. The maximum atomic E-state index is 12.4. The van der Waals surface area contributed by atoms with Crippen molar-refractivity contribution in [3.63, 3.8) is 0 Å². The molecule has 0 aliphatic carbocycles. The second-order valence-corrected chi connectivity index (χ2v) is 6.67. The fraction of sp³-hybridized carbons (Fsp3) is 0.0476. The van der Waals surface area contributed by atoms with E-state index in [0.29, 0.717) is 10.8 Å². The summed E-state index contributed by atoms with van der Waals surface area (Å²) in [4.78, 5) is 33.7. The zero-order valence-electron chi connectivity index (χ0n) is 15.6. The summed E-state index contributed by atoms with van der Waals surface area (Å²) in [7, 11) is 1.48. The van der Waals surface area contributed by atoms with Crippen LogP contribution in [0, 0.1) is 0 Å². The third kappa shape index (κ3) is 4.08. The Kier molecular flexibility index (Phi) is 5.32. The van der Waals surface area contributed by atoms with Crippen LogP contribution in [0.25, 0.3) is 10.8 Å². The molecule has 0 spiro atoms. The molecule has 0 saturated carbocycles. The van der Waals surface area contributed by atoms with Crippen LogP contribution in [0.4, 0.5) is 0 Å². The molecule has 30 heavy (non-hydrogen) atoms. The summed E-state index contributed by atoms with van der Waals surface area (Å²) in [5.41, 5.74) is 0.119. The van der Waals surface area contributed by atoms with Crippen LogP contribution in [-0.4, -0.2) is 26.9 Å². The van der Waals surface area contributed by atoms with Gasteiger partial charge in [-0.3, -0.25) is 0 Å². The number of rotatable bonds is 4. The molecule has 4 aromatic rings. The van der Waals surface area contributed by atoms with Gasteiger partial charge in [-0.1, -0.05) is 52.2 Å². The molecule has 1 heterocycles. The Morgan fingerprint density at radius 1 is 0.900 bits per heavy atom. The first-order valence-corrected chi connectivity index (χ1v) is 9.14. The second kappa shape index (κ2) is 8.22. The number of aromatic nitrogens is 3. The Hall–Kier alpha value is -3.91. The molecule has 0 unspecified atom stereocenters. The van der Waals surface area contributed by atoms with Gasteiger partial charge in [-0.2, -0.15) is 0 Å². The molecular formula is C21H14ClN3O5. The molecule has 0 aliphatic heterocycles. The van der Waals surface area contributed by atoms with Crippen LogP contribution in [-0.2, 0) is 16.8 Å². The van der Waals surface area contributed by atoms with E-state index in [1.54, 1.807) is 36.4 Å². The number of benzene rings is 3. The van der Waals surface area contributed by atoms with Crippen molar-refractivity contribution in [3.05, 3.63) is 83.0 Å². The van der Waals surface area contributed by atoms with E-state index >= 15 is 0 Å². The lowest BCUT2D eigenvalue weighted by atomic mass is 10.1. The highest BCUT2D eigenvalue weighted by molar-refractivity contribution is 6.31. The van der Waals surface area contributed by atoms with Crippen molar-refractivity contribution in [2.45, 2.75) is 0 Å². The van der Waals surface area contributed by atoms with Gasteiger partial charge < -0.3 is 4.74 Å². The molecule has 4 rings (SSSR count). The summed E-state index contributed by atoms with van der Waals surface area (Å²) >= 11 is 6.00. The van der Waals surface area contributed by atoms with Crippen molar-refractivity contribution in [1.29, 1.82) is 0 Å². The van der Waals surface area contributed by atoms with Crippen molar-refractivity contribution in [2.24, 2.45) is 7.05 Å². The van der Waals surface area contributed by atoms with Gasteiger partial charge in [0.15, 0.2) is 0 Å². The standard InChI is InChI=1S/C21H14ClN3O5/c1-25-18(21(27)30-29-20(26)13-5-3-2-4-6-13)19(23-24-25)28-17-10-8-14-11-16(22)9-7-15(14)12-17/h2-12H,1H3. The van der Waals surface area contributed by atoms with Crippen molar-refractivity contribution < 1.29 is 24.1 Å². The summed E-state index contributed by atoms with van der Waals surface area (Å²) in [5.74, 6) is -1.45. The molecule has 0 aliphatic rings. The molecule has 0 radical (unpaired) electrons. The van der Waals surface area contributed by atoms with E-state index in [-0.39, 0.29) is 17.1 Å². The SMILES string of the molecule is Cn1nnc(Oc2ccc3cc(Cl)ccc3c2)c1C(=O)OOC(=O)c1ccccc1. The monoisotopic (exact) mass is 423 g/mol. The Balaban J connectivity index is 1.50. The van der Waals surface area contributed by atoms with E-state index < -0.39 is 11.9 Å². The minimum Gasteiger partial charge on any atom is -0.436 e. The van der Waals surface area contributed by atoms with Crippen molar-refractivity contribution in [2.75, 3.05) is 0 Å². The lowest BCUT2D eigenvalue weighted by Gasteiger charge is -2.07. The van der Waals surface area contributed by atoms with Crippen molar-refractivity contribution in [3.8, 4) is 11.6 Å². The molecule has 9 heteroatoms. The predicted octanol–water partition coefficient (Wildman–Crippen LogP) is 4.34. The molecule has 0 atom stereocenters. The normalized spacial score (nSPS) is 10.6. The predicted molar refractivity (Wildman–Crippen MR) is 107 cm³/mol. The number of carbonyl (C=O) groups excluding carboxylic acids is 2. The number of halogens is 1. The lowest BCUT2D eigenvalue weighted by Crippen LogP contribution is -2.15. The number of hydrogen-bond acceptors (Lipinski definition) is 7. The minimum atomic E-state index is -0.977. The first-order chi connectivity index (χ1) is 14.5. The number of ether oxygens (including phenoxy) is 1. The van der Waals surface area contributed by atoms with E-state index in [1.165, 1.54) is 19.2 Å². The topological polar surface area (TPSA) is 92.5 Å². The number of aryl methyl sites for hydroxylation is 1. The summed E-state index contributed by atoms with van der Waals surface area (Å²) in [6, 6.07) is 18.9. The highest BCUT2D eigenvalue weighted by Gasteiger charge is 2.25. The van der Waals surface area contributed by atoms with Gasteiger partial charge in [-0.25, -0.2) is 24.0 Å². The minimum absolute atomic E-state index is 0.0911. The maximum absolute atomic E-state index is 12.4. The van der Waals surface area contributed by atoms with Gasteiger partial charge in [0.1, 0.15) is 5.75 Å². The second-order valence-electron chi connectivity index (χ2n) is 6.23. The highest BCUT2D eigenvalue weighted by atomic mass is 35.5. The third-order valence-electron chi connectivity index (χ3n) is 4.18. The van der Waals surface area contributed by atoms with Crippen LogP contribution in [0.15, 0.2) is 66.7 Å². The molecule has 0 amide bonds. The van der Waals surface area contributed by atoms with Gasteiger partial charge in [0.2, 0.25) is 5.69 Å². The lowest BCUT2D eigenvalue weighted by molar-refractivity contribution is -0.188. The van der Waals surface area contributed by atoms with Crippen LogP contribution >= 0.6 is 11.6 Å². The van der Waals surface area contributed by atoms with Gasteiger partial charge in [-0.05, 0) is 47.2 Å². The molecule has 1 aromatic heterocycles. The number of hydrogen-bond donors (Lipinski definition) is 0. The van der Waals surface area contributed by atoms with E-state index in [9.17, 15) is 9.59 Å². The first kappa shape index (κ1) is 19.4. The Morgan fingerprint density at radius 2 is 1.60 bits per heavy atom. The van der Waals surface area contributed by atoms with Gasteiger partial charge >= 0.3 is 11.9 Å². The maximum Gasteiger partial charge on any atom is 0.409 e. The number of nitrogens with zero attached hydrogens (tertiary/aromatic N) is 3. The van der Waals surface area contributed by atoms with Gasteiger partial charge in [0.25, 0.3) is 5.88 Å². The Labute approximate surface area is 175 Å². The highest BCUT2D eigenvalue weighted by Crippen LogP contribution is 2.28. The van der Waals surface area contributed by atoms with E-state index in [0.717, 1.165) is 15.5 Å². The molecule has 8 nitrogen and oxygen atoms in total. The quantitative estimate of drug-likeness (QED) is 0.356. The molecule has 0 bridgehead atoms. The molecule has 3 aromatic carbocycles. The zero-order chi connectivity index (χ0) is 21.1. The number of fused-ring (bicyclic) bond motifs is 1. The molecule has 0 saturated heterocycles. The summed E-state index contributed by atoms with van der Waals surface area (Å²) in [6.07, 6.45) is 0. The van der Waals surface area contributed by atoms with Crippen LogP contribution < -0.4 is 4.74 Å². The fourth-order valence-electron chi connectivity index (χ4n) is 2.73. The molecular weight excluding hydrogens is 410 g/mol. The van der Waals surface area contributed by atoms with Crippen molar-refractivity contribution in [1.82, 2.24) is 15.0 Å². The van der Waals surface area contributed by atoms with E-state index in [4.69, 9.17) is 16.3 Å². The van der Waals surface area contributed by atoms with Crippen molar-refractivity contribution >= 4 is 34.3 Å². The average Bonchev–Trinajstić information content (AvgIpc) is 3.12. The van der Waals surface area contributed by atoms with E-state index in [2.05, 4.69) is 20.1 Å². The largest absolute Gasteiger partial charge is 0.436 e. The average molecular weight is 424 g/mol. The van der Waals surface area contributed by atoms with Crippen LogP contribution in [0.3, 0.4) is 0 Å². The Morgan fingerprint density at radius 3 is 2.40 bits per heavy atom. The smallest absolute Gasteiger partial charge is 0.409 e. The molecule has 150 valence electrons. The summed E-state index contributed by atoms with van der Waals surface area (Å²) in [5, 5.41) is 10.1. The number of carbonyl (C=O) groups is 2. The van der Waals surface area contributed by atoms with Gasteiger partial charge in [-0.15, -0.1) is 0 Å². The summed E-state index contributed by atoms with van der Waals surface area (Å²) < 4.78 is 6.87. The first-order valence-electron chi connectivity index (χ1n) is 8.76. The van der Waals surface area contributed by atoms with Crippen LogP contribution in [0.5, 0.6) is 11.6 Å². The zero-order valence-corrected chi connectivity index (χ0v) is 16.4.